The zero-order valence-electron chi connectivity index (χ0n) is 17.5. The molecule has 29 heavy (non-hydrogen) atoms. The first-order chi connectivity index (χ1) is 14.2. The molecule has 0 radical (unpaired) electrons. The van der Waals surface area contributed by atoms with Crippen molar-refractivity contribution in [1.29, 1.82) is 0 Å². The number of likely N-dealkylation sites (tertiary alicyclic amines) is 1. The molecule has 0 bridgehead atoms. The fourth-order valence-corrected chi connectivity index (χ4v) is 5.26. The summed E-state index contributed by atoms with van der Waals surface area (Å²) in [6.45, 7) is 5.87. The molecule has 156 valence electrons. The van der Waals surface area contributed by atoms with Gasteiger partial charge in [-0.25, -0.2) is 9.97 Å². The number of nitrogens with one attached hydrogen (secondary N) is 1. The summed E-state index contributed by atoms with van der Waals surface area (Å²) in [7, 11) is 0. The minimum absolute atomic E-state index is 0.0739. The third-order valence-electron chi connectivity index (χ3n) is 7.32. The average Bonchev–Trinajstić information content (AvgIpc) is 3.44. The zero-order valence-corrected chi connectivity index (χ0v) is 17.5. The van der Waals surface area contributed by atoms with Crippen molar-refractivity contribution in [3.63, 3.8) is 0 Å². The van der Waals surface area contributed by atoms with Crippen molar-refractivity contribution in [2.24, 2.45) is 11.8 Å². The molecule has 1 aliphatic heterocycles. The van der Waals surface area contributed by atoms with Crippen LogP contribution in [0.25, 0.3) is 5.65 Å². The van der Waals surface area contributed by atoms with Crippen LogP contribution in [0.1, 0.15) is 80.4 Å². The Balaban J connectivity index is 1.30. The molecule has 0 aromatic carbocycles. The normalized spacial score (nSPS) is 26.7. The summed E-state index contributed by atoms with van der Waals surface area (Å²) in [4.78, 5) is 24.6. The highest BCUT2D eigenvalue weighted by Gasteiger charge is 2.29. The third kappa shape index (κ3) is 4.04. The number of carbonyl (C=O) groups excluding carboxylic acids is 1. The lowest BCUT2D eigenvalue weighted by Gasteiger charge is -2.32. The van der Waals surface area contributed by atoms with Crippen LogP contribution in [-0.4, -0.2) is 50.9 Å². The van der Waals surface area contributed by atoms with Crippen LogP contribution in [0.2, 0.25) is 0 Å². The molecule has 0 spiro atoms. The number of hydrogen-bond acceptors (Lipinski definition) is 4. The minimum Gasteiger partial charge on any atom is -0.348 e. The van der Waals surface area contributed by atoms with E-state index in [1.165, 1.54) is 70.3 Å². The number of imidazole rings is 1. The fourth-order valence-electron chi connectivity index (χ4n) is 5.26. The topological polar surface area (TPSA) is 62.5 Å². The van der Waals surface area contributed by atoms with Gasteiger partial charge in [0.1, 0.15) is 6.33 Å². The molecular weight excluding hydrogens is 362 g/mol. The van der Waals surface area contributed by atoms with Crippen LogP contribution in [0.4, 0.5) is 0 Å². The Morgan fingerprint density at radius 1 is 1.10 bits per heavy atom. The number of amides is 1. The maximum Gasteiger partial charge on any atom is 0.274 e. The predicted molar refractivity (Wildman–Crippen MR) is 113 cm³/mol. The quantitative estimate of drug-likeness (QED) is 0.840. The maximum atomic E-state index is 12.9. The van der Waals surface area contributed by atoms with Crippen molar-refractivity contribution in [2.75, 3.05) is 19.6 Å². The highest BCUT2D eigenvalue weighted by Crippen LogP contribution is 2.33. The molecule has 6 nitrogen and oxygen atoms in total. The summed E-state index contributed by atoms with van der Waals surface area (Å²) in [5.41, 5.74) is 2.42. The van der Waals surface area contributed by atoms with E-state index in [4.69, 9.17) is 0 Å². The van der Waals surface area contributed by atoms with E-state index in [1.807, 2.05) is 6.20 Å². The molecule has 2 aliphatic carbocycles. The molecule has 2 saturated carbocycles. The molecule has 3 fully saturated rings. The number of hydrogen-bond donors (Lipinski definition) is 1. The number of piperidine rings is 1. The molecule has 3 aliphatic rings. The Morgan fingerprint density at radius 2 is 1.90 bits per heavy atom. The molecule has 6 heteroatoms. The highest BCUT2D eigenvalue weighted by atomic mass is 16.2. The zero-order chi connectivity index (χ0) is 19.8. The van der Waals surface area contributed by atoms with E-state index in [0.717, 1.165) is 12.3 Å². The number of nitrogens with zero attached hydrogens (tertiary/aromatic N) is 4. The summed E-state index contributed by atoms with van der Waals surface area (Å²) in [6, 6.07) is 2.37. The largest absolute Gasteiger partial charge is 0.348 e. The van der Waals surface area contributed by atoms with Crippen LogP contribution in [0, 0.1) is 11.8 Å². The lowest BCUT2D eigenvalue weighted by atomic mass is 9.86. The van der Waals surface area contributed by atoms with E-state index in [2.05, 4.69) is 37.6 Å². The standard InChI is InChI=1S/C23H33N5O/c1-16-4-2-3-5-19(16)26-23(29)21-22-24-11-8-20(28(22)15-25-21)18-9-12-27(13-10-18)14-17-6-7-17/h8,11,15-19H,2-7,9-10,12-14H2,1H3,(H,26,29). The van der Waals surface area contributed by atoms with E-state index >= 15 is 0 Å². The average molecular weight is 396 g/mol. The van der Waals surface area contributed by atoms with Crippen LogP contribution < -0.4 is 5.32 Å². The van der Waals surface area contributed by atoms with Gasteiger partial charge in [0.05, 0.1) is 0 Å². The molecule has 1 amide bonds. The van der Waals surface area contributed by atoms with Crippen molar-refractivity contribution >= 4 is 11.6 Å². The first-order valence-corrected chi connectivity index (χ1v) is 11.5. The van der Waals surface area contributed by atoms with Gasteiger partial charge in [-0.2, -0.15) is 0 Å². The smallest absolute Gasteiger partial charge is 0.274 e. The summed E-state index contributed by atoms with van der Waals surface area (Å²) >= 11 is 0. The van der Waals surface area contributed by atoms with Gasteiger partial charge < -0.3 is 10.2 Å². The highest BCUT2D eigenvalue weighted by molar-refractivity contribution is 5.98. The van der Waals surface area contributed by atoms with E-state index < -0.39 is 0 Å². The van der Waals surface area contributed by atoms with E-state index in [0.29, 0.717) is 23.2 Å². The van der Waals surface area contributed by atoms with Crippen LogP contribution in [-0.2, 0) is 0 Å². The van der Waals surface area contributed by atoms with Gasteiger partial charge in [0.15, 0.2) is 11.3 Å². The number of carbonyl (C=O) groups is 1. The Hall–Kier alpha value is -1.95. The molecule has 2 atom stereocenters. The Labute approximate surface area is 173 Å². The molecule has 2 aromatic heterocycles. The first kappa shape index (κ1) is 19.0. The van der Waals surface area contributed by atoms with E-state index in [1.54, 1.807) is 6.33 Å². The summed E-state index contributed by atoms with van der Waals surface area (Å²) < 4.78 is 2.06. The van der Waals surface area contributed by atoms with Crippen molar-refractivity contribution in [1.82, 2.24) is 24.6 Å². The molecule has 1 N–H and O–H groups in total. The van der Waals surface area contributed by atoms with Gasteiger partial charge in [0.2, 0.25) is 0 Å². The molecular formula is C23H33N5O. The van der Waals surface area contributed by atoms with Gasteiger partial charge in [-0.05, 0) is 69.5 Å². The monoisotopic (exact) mass is 395 g/mol. The predicted octanol–water partition coefficient (Wildman–Crippen LogP) is 3.63. The Kier molecular flexibility index (Phi) is 5.29. The van der Waals surface area contributed by atoms with Gasteiger partial charge in [-0.15, -0.1) is 0 Å². The number of rotatable bonds is 5. The molecule has 5 rings (SSSR count). The van der Waals surface area contributed by atoms with Crippen LogP contribution >= 0.6 is 0 Å². The third-order valence-corrected chi connectivity index (χ3v) is 7.32. The molecule has 1 saturated heterocycles. The Bertz CT molecular complexity index is 865. The summed E-state index contributed by atoms with van der Waals surface area (Å²) in [5, 5.41) is 3.23. The van der Waals surface area contributed by atoms with E-state index in [9.17, 15) is 4.79 Å². The van der Waals surface area contributed by atoms with Gasteiger partial charge in [-0.3, -0.25) is 9.20 Å². The molecule has 2 aromatic rings. The van der Waals surface area contributed by atoms with Crippen molar-refractivity contribution in [2.45, 2.75) is 70.3 Å². The second kappa shape index (κ2) is 8.05. The van der Waals surface area contributed by atoms with Crippen LogP contribution in [0.5, 0.6) is 0 Å². The van der Waals surface area contributed by atoms with Crippen LogP contribution in [0.15, 0.2) is 18.6 Å². The van der Waals surface area contributed by atoms with Gasteiger partial charge in [0.25, 0.3) is 5.91 Å². The second-order valence-corrected chi connectivity index (χ2v) is 9.52. The lowest BCUT2D eigenvalue weighted by molar-refractivity contribution is 0.0907. The minimum atomic E-state index is -0.0739. The lowest BCUT2D eigenvalue weighted by Crippen LogP contribution is -2.41. The summed E-state index contributed by atoms with van der Waals surface area (Å²) in [5.74, 6) is 1.93. The van der Waals surface area contributed by atoms with Crippen molar-refractivity contribution < 1.29 is 4.79 Å². The summed E-state index contributed by atoms with van der Waals surface area (Å²) in [6.07, 6.45) is 13.6. The number of aromatic nitrogens is 3. The van der Waals surface area contributed by atoms with Crippen molar-refractivity contribution in [3.05, 3.63) is 30.0 Å². The first-order valence-electron chi connectivity index (χ1n) is 11.5. The second-order valence-electron chi connectivity index (χ2n) is 9.52. The van der Waals surface area contributed by atoms with Gasteiger partial charge in [-0.1, -0.05) is 19.8 Å². The van der Waals surface area contributed by atoms with Crippen molar-refractivity contribution in [3.8, 4) is 0 Å². The van der Waals surface area contributed by atoms with E-state index in [-0.39, 0.29) is 11.9 Å². The molecule has 2 unspecified atom stereocenters. The van der Waals surface area contributed by atoms with Gasteiger partial charge in [0, 0.05) is 30.4 Å². The maximum absolute atomic E-state index is 12.9. The SMILES string of the molecule is CC1CCCCC1NC(=O)c1ncn2c(C3CCN(CC4CC4)CC3)ccnc12. The Morgan fingerprint density at radius 3 is 2.66 bits per heavy atom. The van der Waals surface area contributed by atoms with Gasteiger partial charge >= 0.3 is 0 Å². The molecule has 3 heterocycles. The van der Waals surface area contributed by atoms with Crippen LogP contribution in [0.3, 0.4) is 0 Å². The fraction of sp³-hybridized carbons (Fsp3) is 0.696. The number of fused-ring (bicyclic) bond motifs is 1.